The van der Waals surface area contributed by atoms with Crippen LogP contribution in [0.4, 0.5) is 0 Å². The van der Waals surface area contributed by atoms with E-state index in [1.807, 2.05) is 6.08 Å². The van der Waals surface area contributed by atoms with Gasteiger partial charge in [0.15, 0.2) is 0 Å². The summed E-state index contributed by atoms with van der Waals surface area (Å²) in [5, 5.41) is 3.28. The average Bonchev–Trinajstić information content (AvgIpc) is 2.47. The second kappa shape index (κ2) is 2.91. The Hall–Kier alpha value is -1.25. The Kier molecular flexibility index (Phi) is 1.87. The van der Waals surface area contributed by atoms with Crippen LogP contribution in [0.1, 0.15) is 13.3 Å². The molecule has 0 saturated carbocycles. The molecule has 1 heterocycles. The van der Waals surface area contributed by atoms with Gasteiger partial charge in [0.1, 0.15) is 6.29 Å². The molecule has 13 heavy (non-hydrogen) atoms. The first-order chi connectivity index (χ1) is 6.22. The Bertz CT molecular complexity index is 304. The molecule has 2 atom stereocenters. The summed E-state index contributed by atoms with van der Waals surface area (Å²) in [5.41, 5.74) is 8.99. The fourth-order valence-electron chi connectivity index (χ4n) is 2.11. The number of nitrogens with two attached hydrogens (primary N) is 1. The zero-order chi connectivity index (χ0) is 9.42. The Morgan fingerprint density at radius 3 is 3.15 bits per heavy atom. The van der Waals surface area contributed by atoms with E-state index in [1.165, 1.54) is 5.70 Å². The lowest BCUT2D eigenvalue weighted by Gasteiger charge is -2.20. The van der Waals surface area contributed by atoms with Gasteiger partial charge in [-0.25, -0.2) is 0 Å². The molecule has 1 aliphatic carbocycles. The van der Waals surface area contributed by atoms with Crippen molar-refractivity contribution < 1.29 is 4.79 Å². The molecule has 0 radical (unpaired) electrons. The maximum Gasteiger partial charge on any atom is 0.129 e. The number of nitrogens with one attached hydrogen (secondary N) is 1. The number of rotatable bonds is 1. The minimum Gasteiger partial charge on any atom is -0.402 e. The van der Waals surface area contributed by atoms with Crippen LogP contribution >= 0.6 is 0 Å². The SMILES string of the molecule is CC1CC(N)=CC2=C1NC[C@H]2C=O. The topological polar surface area (TPSA) is 55.1 Å². The van der Waals surface area contributed by atoms with Crippen LogP contribution in [0.5, 0.6) is 0 Å². The van der Waals surface area contributed by atoms with Crippen LogP contribution in [0, 0.1) is 11.8 Å². The van der Waals surface area contributed by atoms with Gasteiger partial charge in [0.2, 0.25) is 0 Å². The molecule has 70 valence electrons. The Balaban J connectivity index is 2.37. The van der Waals surface area contributed by atoms with E-state index < -0.39 is 0 Å². The highest BCUT2D eigenvalue weighted by Gasteiger charge is 2.29. The summed E-state index contributed by atoms with van der Waals surface area (Å²) in [6, 6.07) is 0. The van der Waals surface area contributed by atoms with Crippen LogP contribution in [0.3, 0.4) is 0 Å². The van der Waals surface area contributed by atoms with Gasteiger partial charge in [-0.2, -0.15) is 0 Å². The molecule has 0 bridgehead atoms. The smallest absolute Gasteiger partial charge is 0.129 e. The van der Waals surface area contributed by atoms with Gasteiger partial charge in [-0.1, -0.05) is 6.92 Å². The highest BCUT2D eigenvalue weighted by atomic mass is 16.1. The van der Waals surface area contributed by atoms with Gasteiger partial charge in [-0.05, 0) is 18.1 Å². The molecule has 0 spiro atoms. The lowest BCUT2D eigenvalue weighted by Crippen LogP contribution is -2.18. The molecular weight excluding hydrogens is 164 g/mol. The van der Waals surface area contributed by atoms with E-state index in [0.29, 0.717) is 5.92 Å². The third kappa shape index (κ3) is 1.24. The highest BCUT2D eigenvalue weighted by Crippen LogP contribution is 2.32. The van der Waals surface area contributed by atoms with Crippen LogP contribution in [0.15, 0.2) is 23.0 Å². The summed E-state index contributed by atoms with van der Waals surface area (Å²) < 4.78 is 0. The van der Waals surface area contributed by atoms with Crippen molar-refractivity contribution in [2.45, 2.75) is 13.3 Å². The molecule has 1 aliphatic heterocycles. The fraction of sp³-hybridized carbons (Fsp3) is 0.500. The first kappa shape index (κ1) is 8.35. The van der Waals surface area contributed by atoms with Crippen molar-refractivity contribution in [3.05, 3.63) is 23.0 Å². The number of hydrogen-bond acceptors (Lipinski definition) is 3. The van der Waals surface area contributed by atoms with Crippen molar-refractivity contribution in [2.24, 2.45) is 17.6 Å². The van der Waals surface area contributed by atoms with Gasteiger partial charge in [-0.3, -0.25) is 0 Å². The number of carbonyl (C=O) groups excluding carboxylic acids is 1. The monoisotopic (exact) mass is 178 g/mol. The predicted molar refractivity (Wildman–Crippen MR) is 50.6 cm³/mol. The van der Waals surface area contributed by atoms with Crippen LogP contribution < -0.4 is 11.1 Å². The van der Waals surface area contributed by atoms with Crippen molar-refractivity contribution in [1.29, 1.82) is 0 Å². The summed E-state index contributed by atoms with van der Waals surface area (Å²) in [5.74, 6) is 0.446. The Morgan fingerprint density at radius 2 is 2.46 bits per heavy atom. The second-order valence-corrected chi connectivity index (χ2v) is 3.82. The lowest BCUT2D eigenvalue weighted by molar-refractivity contribution is -0.109. The highest BCUT2D eigenvalue weighted by molar-refractivity contribution is 5.64. The van der Waals surface area contributed by atoms with Gasteiger partial charge in [0.05, 0.1) is 5.92 Å². The summed E-state index contributed by atoms with van der Waals surface area (Å²) in [7, 11) is 0. The number of aldehydes is 1. The van der Waals surface area contributed by atoms with E-state index >= 15 is 0 Å². The summed E-state index contributed by atoms with van der Waals surface area (Å²) in [6.45, 7) is 2.87. The molecule has 3 heteroatoms. The second-order valence-electron chi connectivity index (χ2n) is 3.82. The normalized spacial score (nSPS) is 32.2. The molecule has 1 unspecified atom stereocenters. The molecule has 0 aromatic rings. The van der Waals surface area contributed by atoms with Crippen molar-refractivity contribution >= 4 is 6.29 Å². The fourth-order valence-corrected chi connectivity index (χ4v) is 2.11. The largest absolute Gasteiger partial charge is 0.402 e. The minimum absolute atomic E-state index is 0.0105. The molecule has 0 aromatic carbocycles. The number of carbonyl (C=O) groups is 1. The van der Waals surface area contributed by atoms with Gasteiger partial charge in [0.25, 0.3) is 0 Å². The maximum atomic E-state index is 10.7. The van der Waals surface area contributed by atoms with Gasteiger partial charge in [0, 0.05) is 23.9 Å². The molecule has 0 saturated heterocycles. The average molecular weight is 178 g/mol. The van der Waals surface area contributed by atoms with E-state index in [1.54, 1.807) is 0 Å². The zero-order valence-corrected chi connectivity index (χ0v) is 7.71. The first-order valence-electron chi connectivity index (χ1n) is 4.61. The van der Waals surface area contributed by atoms with Crippen molar-refractivity contribution in [3.8, 4) is 0 Å². The zero-order valence-electron chi connectivity index (χ0n) is 7.71. The van der Waals surface area contributed by atoms with Crippen LogP contribution in [-0.4, -0.2) is 12.8 Å². The van der Waals surface area contributed by atoms with Gasteiger partial charge >= 0.3 is 0 Å². The number of hydrogen-bond donors (Lipinski definition) is 2. The van der Waals surface area contributed by atoms with E-state index in [-0.39, 0.29) is 5.92 Å². The van der Waals surface area contributed by atoms with Gasteiger partial charge < -0.3 is 15.8 Å². The van der Waals surface area contributed by atoms with Crippen molar-refractivity contribution in [2.75, 3.05) is 6.54 Å². The van der Waals surface area contributed by atoms with E-state index in [4.69, 9.17) is 5.73 Å². The molecule has 3 nitrogen and oxygen atoms in total. The minimum atomic E-state index is 0.0105. The van der Waals surface area contributed by atoms with E-state index in [0.717, 1.165) is 30.5 Å². The third-order valence-corrected chi connectivity index (χ3v) is 2.76. The van der Waals surface area contributed by atoms with Crippen LogP contribution in [0.25, 0.3) is 0 Å². The van der Waals surface area contributed by atoms with E-state index in [9.17, 15) is 4.79 Å². The molecule has 3 N–H and O–H groups in total. The molecule has 0 fully saturated rings. The molecule has 0 aromatic heterocycles. The first-order valence-corrected chi connectivity index (χ1v) is 4.61. The van der Waals surface area contributed by atoms with Crippen LogP contribution in [0.2, 0.25) is 0 Å². The summed E-state index contributed by atoms with van der Waals surface area (Å²) in [6.07, 6.45) is 3.85. The molecule has 2 rings (SSSR count). The third-order valence-electron chi connectivity index (χ3n) is 2.76. The molecule has 0 amide bonds. The van der Waals surface area contributed by atoms with Crippen LogP contribution in [-0.2, 0) is 4.79 Å². The Labute approximate surface area is 77.7 Å². The lowest BCUT2D eigenvalue weighted by atomic mass is 9.89. The predicted octanol–water partition coefficient (Wildman–Crippen LogP) is 0.541. The van der Waals surface area contributed by atoms with Crippen molar-refractivity contribution in [1.82, 2.24) is 5.32 Å². The summed E-state index contributed by atoms with van der Waals surface area (Å²) >= 11 is 0. The van der Waals surface area contributed by atoms with E-state index in [2.05, 4.69) is 12.2 Å². The summed E-state index contributed by atoms with van der Waals surface area (Å²) in [4.78, 5) is 10.7. The molecule has 2 aliphatic rings. The van der Waals surface area contributed by atoms with Crippen molar-refractivity contribution in [3.63, 3.8) is 0 Å². The van der Waals surface area contributed by atoms with Gasteiger partial charge in [-0.15, -0.1) is 0 Å². The number of allylic oxidation sites excluding steroid dienone is 3. The maximum absolute atomic E-state index is 10.7. The quantitative estimate of drug-likeness (QED) is 0.576. The standard InChI is InChI=1S/C10H14N2O/c1-6-2-8(11)3-9-7(5-13)4-12-10(6)9/h3,5-7,12H,2,4,11H2,1H3/t6?,7-/m0/s1. The molecular formula is C10H14N2O. The Morgan fingerprint density at radius 1 is 1.69 bits per heavy atom.